The number of thioether (sulfide) groups is 1. The van der Waals surface area contributed by atoms with Gasteiger partial charge in [-0.3, -0.25) is 4.99 Å². The fourth-order valence-electron chi connectivity index (χ4n) is 1.79. The summed E-state index contributed by atoms with van der Waals surface area (Å²) in [4.78, 5) is 6.00. The number of hydrogen-bond donors (Lipinski definition) is 0. The lowest BCUT2D eigenvalue weighted by atomic mass is 10.1. The maximum Gasteiger partial charge on any atom is 0.0769 e. The van der Waals surface area contributed by atoms with Crippen molar-refractivity contribution < 1.29 is 0 Å². The molecule has 0 aliphatic carbocycles. The van der Waals surface area contributed by atoms with Crippen molar-refractivity contribution >= 4 is 39.1 Å². The fourth-order valence-corrected chi connectivity index (χ4v) is 3.01. The lowest BCUT2D eigenvalue weighted by Gasteiger charge is -2.14. The van der Waals surface area contributed by atoms with Crippen molar-refractivity contribution in [3.8, 4) is 0 Å². The van der Waals surface area contributed by atoms with Gasteiger partial charge < -0.3 is 0 Å². The number of para-hydroxylation sites is 1. The summed E-state index contributed by atoms with van der Waals surface area (Å²) in [5.41, 5.74) is 3.44. The van der Waals surface area contributed by atoms with Gasteiger partial charge in [0.15, 0.2) is 0 Å². The van der Waals surface area contributed by atoms with Crippen LogP contribution in [0.2, 0.25) is 0 Å². The Hall–Kier alpha value is -1.06. The first-order chi connectivity index (χ1) is 8.33. The number of hydrogen-bond acceptors (Lipinski definition) is 2. The van der Waals surface area contributed by atoms with Gasteiger partial charge in [-0.1, -0.05) is 40.2 Å². The molecule has 0 amide bonds. The Balaban J connectivity index is 2.01. The zero-order valence-corrected chi connectivity index (χ0v) is 11.5. The van der Waals surface area contributed by atoms with E-state index in [-0.39, 0.29) is 0 Å². The Labute approximate surface area is 113 Å². The smallest absolute Gasteiger partial charge is 0.0769 e. The Morgan fingerprint density at radius 3 is 2.59 bits per heavy atom. The molecule has 0 bridgehead atoms. The molecular formula is C14H10BrNS. The lowest BCUT2D eigenvalue weighted by molar-refractivity contribution is 1.34. The van der Waals surface area contributed by atoms with Crippen LogP contribution in [-0.4, -0.2) is 11.5 Å². The third-order valence-electron chi connectivity index (χ3n) is 2.66. The molecule has 2 aromatic carbocycles. The van der Waals surface area contributed by atoms with Crippen LogP contribution in [0.25, 0.3) is 0 Å². The summed E-state index contributed by atoms with van der Waals surface area (Å²) < 4.78 is 1.10. The molecule has 0 aromatic heterocycles. The molecule has 2 aromatic rings. The van der Waals surface area contributed by atoms with Gasteiger partial charge in [-0.25, -0.2) is 0 Å². The van der Waals surface area contributed by atoms with E-state index in [1.54, 1.807) is 0 Å². The largest absolute Gasteiger partial charge is 0.251 e. The molecule has 84 valence electrons. The minimum absolute atomic E-state index is 0.943. The van der Waals surface area contributed by atoms with E-state index in [4.69, 9.17) is 4.99 Å². The molecule has 1 aliphatic rings. The van der Waals surface area contributed by atoms with E-state index < -0.39 is 0 Å². The van der Waals surface area contributed by atoms with Crippen LogP contribution >= 0.6 is 27.7 Å². The molecular weight excluding hydrogens is 294 g/mol. The SMILES string of the molecule is Brc1ccc(C2=Nc3ccccc3SC2)cc1. The maximum absolute atomic E-state index is 4.73. The van der Waals surface area contributed by atoms with Crippen molar-refractivity contribution in [3.63, 3.8) is 0 Å². The third kappa shape index (κ3) is 2.31. The zero-order chi connectivity index (χ0) is 11.7. The second kappa shape index (κ2) is 4.67. The van der Waals surface area contributed by atoms with Gasteiger partial charge in [0.2, 0.25) is 0 Å². The van der Waals surface area contributed by atoms with Crippen molar-refractivity contribution in [1.29, 1.82) is 0 Å². The third-order valence-corrected chi connectivity index (χ3v) is 4.27. The molecule has 0 N–H and O–H groups in total. The van der Waals surface area contributed by atoms with Crippen LogP contribution in [0.1, 0.15) is 5.56 Å². The molecule has 3 heteroatoms. The molecule has 1 aliphatic heterocycles. The predicted octanol–water partition coefficient (Wildman–Crippen LogP) is 4.68. The Morgan fingerprint density at radius 1 is 1.00 bits per heavy atom. The average Bonchev–Trinajstić information content (AvgIpc) is 2.39. The van der Waals surface area contributed by atoms with Gasteiger partial charge in [0.25, 0.3) is 0 Å². The molecule has 0 saturated heterocycles. The monoisotopic (exact) mass is 303 g/mol. The number of fused-ring (bicyclic) bond motifs is 1. The van der Waals surface area contributed by atoms with Crippen LogP contribution in [0.3, 0.4) is 0 Å². The highest BCUT2D eigenvalue weighted by molar-refractivity contribution is 9.10. The quantitative estimate of drug-likeness (QED) is 0.745. The van der Waals surface area contributed by atoms with E-state index in [1.807, 2.05) is 17.8 Å². The average molecular weight is 304 g/mol. The Kier molecular flexibility index (Phi) is 3.04. The first kappa shape index (κ1) is 11.1. The topological polar surface area (TPSA) is 12.4 Å². The highest BCUT2D eigenvalue weighted by Gasteiger charge is 2.13. The second-order valence-electron chi connectivity index (χ2n) is 3.82. The van der Waals surface area contributed by atoms with Crippen molar-refractivity contribution in [1.82, 2.24) is 0 Å². The molecule has 0 spiro atoms. The number of nitrogens with zero attached hydrogens (tertiary/aromatic N) is 1. The van der Waals surface area contributed by atoms with Crippen molar-refractivity contribution in [2.45, 2.75) is 4.90 Å². The fraction of sp³-hybridized carbons (Fsp3) is 0.0714. The van der Waals surface area contributed by atoms with E-state index in [9.17, 15) is 0 Å². The number of aliphatic imine (C=N–C) groups is 1. The highest BCUT2D eigenvalue weighted by Crippen LogP contribution is 2.34. The predicted molar refractivity (Wildman–Crippen MR) is 77.5 cm³/mol. The van der Waals surface area contributed by atoms with E-state index in [0.717, 1.165) is 21.6 Å². The Bertz CT molecular complexity index is 575. The zero-order valence-electron chi connectivity index (χ0n) is 9.06. The lowest BCUT2D eigenvalue weighted by Crippen LogP contribution is -2.07. The van der Waals surface area contributed by atoms with E-state index in [2.05, 4.69) is 58.4 Å². The molecule has 0 unspecified atom stereocenters. The van der Waals surface area contributed by atoms with Crippen LogP contribution in [0, 0.1) is 0 Å². The van der Waals surface area contributed by atoms with Crippen molar-refractivity contribution in [3.05, 3.63) is 58.6 Å². The van der Waals surface area contributed by atoms with Crippen LogP contribution < -0.4 is 0 Å². The molecule has 17 heavy (non-hydrogen) atoms. The van der Waals surface area contributed by atoms with Crippen LogP contribution in [0.4, 0.5) is 5.69 Å². The van der Waals surface area contributed by atoms with Gasteiger partial charge in [0.1, 0.15) is 0 Å². The van der Waals surface area contributed by atoms with E-state index in [0.29, 0.717) is 0 Å². The molecule has 0 fully saturated rings. The molecule has 0 radical (unpaired) electrons. The minimum atomic E-state index is 0.943. The number of halogens is 1. The second-order valence-corrected chi connectivity index (χ2v) is 5.75. The summed E-state index contributed by atoms with van der Waals surface area (Å²) in [6.07, 6.45) is 0. The summed E-state index contributed by atoms with van der Waals surface area (Å²) in [6, 6.07) is 16.6. The van der Waals surface area contributed by atoms with Gasteiger partial charge in [0.05, 0.1) is 11.4 Å². The standard InChI is InChI=1S/C14H10BrNS/c15-11-7-5-10(6-8-11)13-9-17-14-4-2-1-3-12(14)16-13/h1-8H,9H2. The van der Waals surface area contributed by atoms with Crippen LogP contribution in [-0.2, 0) is 0 Å². The summed E-state index contributed by atoms with van der Waals surface area (Å²) in [6.45, 7) is 0. The van der Waals surface area contributed by atoms with Gasteiger partial charge in [-0.15, -0.1) is 11.8 Å². The molecule has 0 atom stereocenters. The summed E-state index contributed by atoms with van der Waals surface area (Å²) in [5.74, 6) is 0.943. The highest BCUT2D eigenvalue weighted by atomic mass is 79.9. The van der Waals surface area contributed by atoms with Gasteiger partial charge in [0, 0.05) is 15.1 Å². The first-order valence-corrected chi connectivity index (χ1v) is 7.16. The molecule has 0 saturated carbocycles. The minimum Gasteiger partial charge on any atom is -0.251 e. The van der Waals surface area contributed by atoms with Crippen molar-refractivity contribution in [2.24, 2.45) is 4.99 Å². The summed E-state index contributed by atoms with van der Waals surface area (Å²) in [5, 5.41) is 0. The normalized spacial score (nSPS) is 14.1. The van der Waals surface area contributed by atoms with Gasteiger partial charge in [-0.2, -0.15) is 0 Å². The number of benzene rings is 2. The summed E-state index contributed by atoms with van der Waals surface area (Å²) >= 11 is 5.30. The van der Waals surface area contributed by atoms with Gasteiger partial charge in [-0.05, 0) is 29.8 Å². The van der Waals surface area contributed by atoms with Crippen molar-refractivity contribution in [2.75, 3.05) is 5.75 Å². The molecule has 3 rings (SSSR count). The van der Waals surface area contributed by atoms with E-state index in [1.165, 1.54) is 10.5 Å². The van der Waals surface area contributed by atoms with E-state index >= 15 is 0 Å². The summed E-state index contributed by atoms with van der Waals surface area (Å²) in [7, 11) is 0. The first-order valence-electron chi connectivity index (χ1n) is 5.38. The number of rotatable bonds is 1. The maximum atomic E-state index is 4.73. The van der Waals surface area contributed by atoms with Crippen LogP contribution in [0.5, 0.6) is 0 Å². The molecule has 1 nitrogen and oxygen atoms in total. The Morgan fingerprint density at radius 2 is 1.76 bits per heavy atom. The van der Waals surface area contributed by atoms with Crippen LogP contribution in [0.15, 0.2) is 62.9 Å². The van der Waals surface area contributed by atoms with Gasteiger partial charge >= 0.3 is 0 Å². The molecule has 1 heterocycles.